The molecule has 0 saturated carbocycles. The van der Waals surface area contributed by atoms with Gasteiger partial charge in [-0.15, -0.1) is 0 Å². The Morgan fingerprint density at radius 1 is 1.06 bits per heavy atom. The van der Waals surface area contributed by atoms with E-state index in [4.69, 9.17) is 0 Å². The SMILES string of the molecule is CC(C)CCCC1CC(C)(C)N(C)C(C)(C)C1. The van der Waals surface area contributed by atoms with Gasteiger partial charge in [-0.25, -0.2) is 0 Å². The molecule has 0 radical (unpaired) electrons. The van der Waals surface area contributed by atoms with Gasteiger partial charge in [-0.3, -0.25) is 4.90 Å². The zero-order valence-corrected chi connectivity index (χ0v) is 13.1. The molecule has 0 bridgehead atoms. The summed E-state index contributed by atoms with van der Waals surface area (Å²) in [6.45, 7) is 14.3. The van der Waals surface area contributed by atoms with E-state index in [9.17, 15) is 0 Å². The number of rotatable bonds is 4. The smallest absolute Gasteiger partial charge is 0.0158 e. The Morgan fingerprint density at radius 3 is 1.94 bits per heavy atom. The van der Waals surface area contributed by atoms with Gasteiger partial charge in [0.15, 0.2) is 0 Å². The maximum absolute atomic E-state index is 2.58. The van der Waals surface area contributed by atoms with Crippen LogP contribution in [0, 0.1) is 11.8 Å². The van der Waals surface area contributed by atoms with Gasteiger partial charge in [0.2, 0.25) is 0 Å². The lowest BCUT2D eigenvalue weighted by Gasteiger charge is -2.54. The molecule has 0 unspecified atom stereocenters. The Bertz CT molecular complexity index is 222. The molecule has 0 aromatic rings. The van der Waals surface area contributed by atoms with E-state index < -0.39 is 0 Å². The van der Waals surface area contributed by atoms with E-state index in [1.54, 1.807) is 0 Å². The first kappa shape index (κ1) is 15.0. The highest BCUT2D eigenvalue weighted by Gasteiger charge is 2.42. The van der Waals surface area contributed by atoms with E-state index in [2.05, 4.69) is 53.5 Å². The van der Waals surface area contributed by atoms with Gasteiger partial charge in [0, 0.05) is 11.1 Å². The molecule has 0 aromatic carbocycles. The van der Waals surface area contributed by atoms with Crippen LogP contribution in [0.15, 0.2) is 0 Å². The standard InChI is InChI=1S/C16H33N/c1-13(2)9-8-10-14-11-15(3,4)17(7)16(5,6)12-14/h13-14H,8-12H2,1-7H3. The summed E-state index contributed by atoms with van der Waals surface area (Å²) in [5.41, 5.74) is 0.731. The predicted octanol–water partition coefficient (Wildman–Crippen LogP) is 4.71. The van der Waals surface area contributed by atoms with Gasteiger partial charge in [-0.1, -0.05) is 33.1 Å². The fraction of sp³-hybridized carbons (Fsp3) is 1.00. The molecule has 0 aliphatic carbocycles. The van der Waals surface area contributed by atoms with Gasteiger partial charge in [-0.2, -0.15) is 0 Å². The molecule has 0 amide bonds. The van der Waals surface area contributed by atoms with Gasteiger partial charge in [0.1, 0.15) is 0 Å². The van der Waals surface area contributed by atoms with E-state index in [0.29, 0.717) is 11.1 Å². The maximum atomic E-state index is 2.58. The summed E-state index contributed by atoms with van der Waals surface area (Å²) in [6, 6.07) is 0. The van der Waals surface area contributed by atoms with Gasteiger partial charge in [0.25, 0.3) is 0 Å². The maximum Gasteiger partial charge on any atom is 0.0158 e. The summed E-state index contributed by atoms with van der Waals surface area (Å²) in [4.78, 5) is 2.58. The first-order valence-corrected chi connectivity index (χ1v) is 7.39. The van der Waals surface area contributed by atoms with Crippen molar-refractivity contribution >= 4 is 0 Å². The minimum Gasteiger partial charge on any atom is -0.296 e. The van der Waals surface area contributed by atoms with Crippen molar-refractivity contribution in [1.29, 1.82) is 0 Å². The van der Waals surface area contributed by atoms with Crippen LogP contribution in [0.5, 0.6) is 0 Å². The van der Waals surface area contributed by atoms with Crippen LogP contribution < -0.4 is 0 Å². The Labute approximate surface area is 109 Å². The van der Waals surface area contributed by atoms with E-state index in [1.165, 1.54) is 32.1 Å². The van der Waals surface area contributed by atoms with E-state index in [0.717, 1.165) is 11.8 Å². The summed E-state index contributed by atoms with van der Waals surface area (Å²) in [7, 11) is 2.30. The van der Waals surface area contributed by atoms with Crippen LogP contribution in [-0.2, 0) is 0 Å². The Morgan fingerprint density at radius 2 is 1.53 bits per heavy atom. The molecule has 1 saturated heterocycles. The largest absolute Gasteiger partial charge is 0.296 e. The van der Waals surface area contributed by atoms with Crippen molar-refractivity contribution in [2.75, 3.05) is 7.05 Å². The molecule has 102 valence electrons. The molecule has 1 fully saturated rings. The molecule has 1 nitrogen and oxygen atoms in total. The van der Waals surface area contributed by atoms with Crippen LogP contribution in [0.3, 0.4) is 0 Å². The second-order valence-electron chi connectivity index (χ2n) is 7.78. The monoisotopic (exact) mass is 239 g/mol. The molecule has 0 spiro atoms. The average Bonchev–Trinajstić information content (AvgIpc) is 2.12. The van der Waals surface area contributed by atoms with Crippen LogP contribution in [-0.4, -0.2) is 23.0 Å². The van der Waals surface area contributed by atoms with Gasteiger partial charge in [0.05, 0.1) is 0 Å². The van der Waals surface area contributed by atoms with Crippen LogP contribution in [0.25, 0.3) is 0 Å². The first-order chi connectivity index (χ1) is 7.65. The molecule has 1 aliphatic heterocycles. The van der Waals surface area contributed by atoms with Crippen LogP contribution in [0.1, 0.15) is 73.6 Å². The van der Waals surface area contributed by atoms with Crippen molar-refractivity contribution < 1.29 is 0 Å². The molecule has 17 heavy (non-hydrogen) atoms. The lowest BCUT2D eigenvalue weighted by atomic mass is 9.72. The number of nitrogens with zero attached hydrogens (tertiary/aromatic N) is 1. The fourth-order valence-corrected chi connectivity index (χ4v) is 3.60. The van der Waals surface area contributed by atoms with Crippen molar-refractivity contribution in [3.63, 3.8) is 0 Å². The van der Waals surface area contributed by atoms with Crippen molar-refractivity contribution in [2.45, 2.75) is 84.7 Å². The van der Waals surface area contributed by atoms with Crippen LogP contribution >= 0.6 is 0 Å². The summed E-state index contributed by atoms with van der Waals surface area (Å²) in [5.74, 6) is 1.79. The fourth-order valence-electron chi connectivity index (χ4n) is 3.60. The van der Waals surface area contributed by atoms with E-state index >= 15 is 0 Å². The minimum atomic E-state index is 0.365. The second-order valence-corrected chi connectivity index (χ2v) is 7.78. The highest BCUT2D eigenvalue weighted by atomic mass is 15.2. The number of likely N-dealkylation sites (tertiary alicyclic amines) is 1. The lowest BCUT2D eigenvalue weighted by Crippen LogP contribution is -2.58. The Hall–Kier alpha value is -0.0400. The average molecular weight is 239 g/mol. The van der Waals surface area contributed by atoms with Gasteiger partial charge < -0.3 is 0 Å². The van der Waals surface area contributed by atoms with E-state index in [1.807, 2.05) is 0 Å². The highest BCUT2D eigenvalue weighted by Crippen LogP contribution is 2.41. The van der Waals surface area contributed by atoms with Crippen molar-refractivity contribution in [1.82, 2.24) is 4.90 Å². The van der Waals surface area contributed by atoms with Gasteiger partial charge in [-0.05, 0) is 59.4 Å². The summed E-state index contributed by atoms with van der Waals surface area (Å²) < 4.78 is 0. The van der Waals surface area contributed by atoms with Crippen LogP contribution in [0.2, 0.25) is 0 Å². The molecular formula is C16H33N. The summed E-state index contributed by atoms with van der Waals surface area (Å²) in [5, 5.41) is 0. The molecular weight excluding hydrogens is 206 g/mol. The topological polar surface area (TPSA) is 3.24 Å². The highest BCUT2D eigenvalue weighted by molar-refractivity contribution is 4.98. The molecule has 0 aromatic heterocycles. The second kappa shape index (κ2) is 5.30. The van der Waals surface area contributed by atoms with Crippen molar-refractivity contribution in [3.05, 3.63) is 0 Å². The van der Waals surface area contributed by atoms with Crippen molar-refractivity contribution in [3.8, 4) is 0 Å². The van der Waals surface area contributed by atoms with Crippen molar-refractivity contribution in [2.24, 2.45) is 11.8 Å². The molecule has 1 rings (SSSR count). The third kappa shape index (κ3) is 3.98. The number of piperidine rings is 1. The van der Waals surface area contributed by atoms with E-state index in [-0.39, 0.29) is 0 Å². The quantitative estimate of drug-likeness (QED) is 0.686. The summed E-state index contributed by atoms with van der Waals surface area (Å²) >= 11 is 0. The lowest BCUT2D eigenvalue weighted by molar-refractivity contribution is -0.0322. The predicted molar refractivity (Wildman–Crippen MR) is 77.3 cm³/mol. The number of hydrogen-bond acceptors (Lipinski definition) is 1. The number of hydrogen-bond donors (Lipinski definition) is 0. The molecule has 0 N–H and O–H groups in total. The molecule has 1 heteroatoms. The molecule has 1 heterocycles. The minimum absolute atomic E-state index is 0.365. The first-order valence-electron chi connectivity index (χ1n) is 7.39. The summed E-state index contributed by atoms with van der Waals surface area (Å²) in [6.07, 6.45) is 6.97. The zero-order valence-electron chi connectivity index (χ0n) is 13.1. The molecule has 1 aliphatic rings. The zero-order chi connectivity index (χ0) is 13.3. The van der Waals surface area contributed by atoms with Gasteiger partial charge >= 0.3 is 0 Å². The normalized spacial score (nSPS) is 25.4. The Kier molecular flexibility index (Phi) is 4.68. The third-order valence-electron chi connectivity index (χ3n) is 4.79. The van der Waals surface area contributed by atoms with Crippen LogP contribution in [0.4, 0.5) is 0 Å². The third-order valence-corrected chi connectivity index (χ3v) is 4.79. The molecule has 0 atom stereocenters. The Balaban J connectivity index is 2.53.